The van der Waals surface area contributed by atoms with Crippen molar-refractivity contribution in [3.8, 4) is 11.5 Å². The van der Waals surface area contributed by atoms with Crippen molar-refractivity contribution >= 4 is 50.7 Å². The lowest BCUT2D eigenvalue weighted by atomic mass is 10.2. The minimum Gasteiger partial charge on any atom is -0.497 e. The molecule has 1 heterocycles. The van der Waals surface area contributed by atoms with E-state index in [0.29, 0.717) is 38.5 Å². The van der Waals surface area contributed by atoms with Gasteiger partial charge >= 0.3 is 0 Å². The Morgan fingerprint density at radius 2 is 1.96 bits per heavy atom. The molecule has 1 aromatic heterocycles. The summed E-state index contributed by atoms with van der Waals surface area (Å²) in [7, 11) is 3.02. The number of fused-ring (bicyclic) bond motifs is 1. The molecule has 2 aromatic carbocycles. The molecule has 0 fully saturated rings. The maximum atomic E-state index is 12.9. The summed E-state index contributed by atoms with van der Waals surface area (Å²) in [5.74, 6) is 0.495. The lowest BCUT2D eigenvalue weighted by Gasteiger charge is -2.07. The number of carbonyl (C=O) groups is 1. The number of carbonyl (C=O) groups excluding carboxylic acids is 1. The first-order valence-electron chi connectivity index (χ1n) is 7.89. The summed E-state index contributed by atoms with van der Waals surface area (Å²) in [6.45, 7) is 4.20. The average Bonchev–Trinajstić information content (AvgIpc) is 3.04. The third-order valence-corrected chi connectivity index (χ3v) is 5.72. The molecule has 0 saturated heterocycles. The van der Waals surface area contributed by atoms with Crippen molar-refractivity contribution in [3.63, 3.8) is 0 Å². The van der Waals surface area contributed by atoms with Gasteiger partial charge in [-0.15, -0.1) is 6.58 Å². The summed E-state index contributed by atoms with van der Waals surface area (Å²) >= 11 is 13.9. The van der Waals surface area contributed by atoms with Gasteiger partial charge in [0.1, 0.15) is 11.5 Å². The molecule has 1 amide bonds. The van der Waals surface area contributed by atoms with Gasteiger partial charge in [0, 0.05) is 6.54 Å². The van der Waals surface area contributed by atoms with Gasteiger partial charge in [-0.1, -0.05) is 40.6 Å². The molecule has 0 N–H and O–H groups in total. The Labute approximate surface area is 170 Å². The Kier molecular flexibility index (Phi) is 5.89. The van der Waals surface area contributed by atoms with E-state index in [1.54, 1.807) is 36.4 Å². The number of ether oxygens (including phenoxy) is 2. The fourth-order valence-corrected chi connectivity index (χ4v) is 4.28. The first-order valence-corrected chi connectivity index (χ1v) is 9.46. The van der Waals surface area contributed by atoms with Crippen LogP contribution in [0, 0.1) is 0 Å². The predicted octanol–water partition coefficient (Wildman–Crippen LogP) is 4.95. The van der Waals surface area contributed by atoms with Gasteiger partial charge in [-0.2, -0.15) is 4.99 Å². The largest absolute Gasteiger partial charge is 0.497 e. The normalized spacial score (nSPS) is 11.6. The molecule has 0 bridgehead atoms. The maximum absolute atomic E-state index is 12.9. The highest BCUT2D eigenvalue weighted by Crippen LogP contribution is 2.32. The van der Waals surface area contributed by atoms with E-state index >= 15 is 0 Å². The van der Waals surface area contributed by atoms with Gasteiger partial charge in [-0.05, 0) is 30.3 Å². The Bertz CT molecular complexity index is 1100. The second-order valence-corrected chi connectivity index (χ2v) is 7.27. The van der Waals surface area contributed by atoms with E-state index in [1.807, 2.05) is 4.57 Å². The Morgan fingerprint density at radius 1 is 1.22 bits per heavy atom. The molecule has 0 radical (unpaired) electrons. The molecule has 0 aliphatic carbocycles. The van der Waals surface area contributed by atoms with Gasteiger partial charge in [0.2, 0.25) is 0 Å². The number of benzene rings is 2. The first kappa shape index (κ1) is 19.5. The molecule has 0 atom stereocenters. The van der Waals surface area contributed by atoms with Crippen LogP contribution in [0.2, 0.25) is 10.0 Å². The number of halogens is 2. The van der Waals surface area contributed by atoms with Crippen LogP contribution < -0.4 is 14.3 Å². The fourth-order valence-electron chi connectivity index (χ4n) is 2.62. The van der Waals surface area contributed by atoms with Gasteiger partial charge in [0.05, 0.1) is 40.0 Å². The predicted molar refractivity (Wildman–Crippen MR) is 109 cm³/mol. The van der Waals surface area contributed by atoms with Crippen LogP contribution >= 0.6 is 34.5 Å². The molecule has 0 saturated carbocycles. The molecule has 0 aliphatic rings. The van der Waals surface area contributed by atoms with E-state index < -0.39 is 5.91 Å². The van der Waals surface area contributed by atoms with Crippen molar-refractivity contribution in [2.75, 3.05) is 14.2 Å². The second-order valence-electron chi connectivity index (χ2n) is 5.47. The SMILES string of the molecule is C=CCn1c(=NC(=O)c2cc(OC)ccc2OC)sc2c(Cl)ccc(Cl)c21. The lowest BCUT2D eigenvalue weighted by Crippen LogP contribution is -2.16. The zero-order chi connectivity index (χ0) is 19.6. The van der Waals surface area contributed by atoms with Crippen LogP contribution in [0.1, 0.15) is 10.4 Å². The number of rotatable bonds is 5. The van der Waals surface area contributed by atoms with E-state index in [0.717, 1.165) is 10.2 Å². The monoisotopic (exact) mass is 422 g/mol. The van der Waals surface area contributed by atoms with Crippen LogP contribution in [0.15, 0.2) is 48.0 Å². The average molecular weight is 423 g/mol. The van der Waals surface area contributed by atoms with Crippen molar-refractivity contribution < 1.29 is 14.3 Å². The van der Waals surface area contributed by atoms with Gasteiger partial charge in [0.15, 0.2) is 4.80 Å². The minimum absolute atomic E-state index is 0.302. The maximum Gasteiger partial charge on any atom is 0.283 e. The molecule has 3 aromatic rings. The summed E-state index contributed by atoms with van der Waals surface area (Å²) in [5.41, 5.74) is 1.02. The number of nitrogens with zero attached hydrogens (tertiary/aromatic N) is 2. The number of aromatic nitrogens is 1. The van der Waals surface area contributed by atoms with Crippen molar-refractivity contribution in [3.05, 3.63) is 63.4 Å². The van der Waals surface area contributed by atoms with Crippen molar-refractivity contribution in [2.45, 2.75) is 6.54 Å². The van der Waals surface area contributed by atoms with Gasteiger partial charge in [-0.25, -0.2) is 0 Å². The standard InChI is InChI=1S/C19H16Cl2N2O3S/c1-4-9-23-16-13(20)6-7-14(21)17(16)27-19(23)22-18(24)12-10-11(25-2)5-8-15(12)26-3/h4-8,10H,1,9H2,2-3H3. The van der Waals surface area contributed by atoms with E-state index in [-0.39, 0.29) is 0 Å². The summed E-state index contributed by atoms with van der Waals surface area (Å²) in [4.78, 5) is 17.6. The van der Waals surface area contributed by atoms with Crippen LogP contribution in [-0.4, -0.2) is 24.7 Å². The van der Waals surface area contributed by atoms with Crippen LogP contribution in [0.25, 0.3) is 10.2 Å². The highest BCUT2D eigenvalue weighted by atomic mass is 35.5. The molecular formula is C19H16Cl2N2O3S. The fraction of sp³-hybridized carbons (Fsp3) is 0.158. The van der Waals surface area contributed by atoms with E-state index in [4.69, 9.17) is 32.7 Å². The molecule has 0 spiro atoms. The third-order valence-electron chi connectivity index (χ3n) is 3.87. The summed E-state index contributed by atoms with van der Waals surface area (Å²) < 4.78 is 13.0. The Morgan fingerprint density at radius 3 is 2.63 bits per heavy atom. The number of hydrogen-bond acceptors (Lipinski definition) is 4. The van der Waals surface area contributed by atoms with E-state index in [1.165, 1.54) is 25.6 Å². The minimum atomic E-state index is -0.456. The Balaban J connectivity index is 2.23. The van der Waals surface area contributed by atoms with E-state index in [9.17, 15) is 4.79 Å². The van der Waals surface area contributed by atoms with Crippen LogP contribution in [0.4, 0.5) is 0 Å². The number of allylic oxidation sites excluding steroid dienone is 1. The van der Waals surface area contributed by atoms with E-state index in [2.05, 4.69) is 11.6 Å². The molecule has 5 nitrogen and oxygen atoms in total. The summed E-state index contributed by atoms with van der Waals surface area (Å²) in [6, 6.07) is 8.41. The molecule has 8 heteroatoms. The number of methoxy groups -OCH3 is 2. The summed E-state index contributed by atoms with van der Waals surface area (Å²) in [6.07, 6.45) is 1.71. The van der Waals surface area contributed by atoms with Gasteiger partial charge in [-0.3, -0.25) is 4.79 Å². The zero-order valence-electron chi connectivity index (χ0n) is 14.7. The van der Waals surface area contributed by atoms with Gasteiger partial charge in [0.25, 0.3) is 5.91 Å². The van der Waals surface area contributed by atoms with Crippen LogP contribution in [0.5, 0.6) is 11.5 Å². The molecular weight excluding hydrogens is 407 g/mol. The molecule has 0 unspecified atom stereocenters. The Hall–Kier alpha value is -2.28. The number of thiazole rings is 1. The first-order chi connectivity index (χ1) is 13.0. The zero-order valence-corrected chi connectivity index (χ0v) is 17.0. The quantitative estimate of drug-likeness (QED) is 0.546. The second kappa shape index (κ2) is 8.17. The molecule has 27 heavy (non-hydrogen) atoms. The van der Waals surface area contributed by atoms with Crippen molar-refractivity contribution in [2.24, 2.45) is 4.99 Å². The highest BCUT2D eigenvalue weighted by Gasteiger charge is 2.16. The van der Waals surface area contributed by atoms with Crippen molar-refractivity contribution in [1.29, 1.82) is 0 Å². The molecule has 3 rings (SSSR count). The lowest BCUT2D eigenvalue weighted by molar-refractivity contribution is 0.0994. The van der Waals surface area contributed by atoms with Crippen molar-refractivity contribution in [1.82, 2.24) is 4.57 Å². The summed E-state index contributed by atoms with van der Waals surface area (Å²) in [5, 5.41) is 1.07. The number of amides is 1. The van der Waals surface area contributed by atoms with Crippen LogP contribution in [0.3, 0.4) is 0 Å². The smallest absolute Gasteiger partial charge is 0.283 e. The number of hydrogen-bond donors (Lipinski definition) is 0. The topological polar surface area (TPSA) is 52.8 Å². The van der Waals surface area contributed by atoms with Gasteiger partial charge < -0.3 is 14.0 Å². The third kappa shape index (κ3) is 3.74. The van der Waals surface area contributed by atoms with Crippen LogP contribution in [-0.2, 0) is 6.54 Å². The molecule has 0 aliphatic heterocycles. The molecule has 140 valence electrons. The highest BCUT2D eigenvalue weighted by molar-refractivity contribution is 7.17.